The van der Waals surface area contributed by atoms with E-state index in [1.807, 2.05) is 54.6 Å². The fraction of sp³-hybridized carbons (Fsp3) is 0.0588. The summed E-state index contributed by atoms with van der Waals surface area (Å²) in [6.45, 7) is 0. The maximum absolute atomic E-state index is 12.0. The van der Waals surface area contributed by atoms with Crippen LogP contribution in [0.5, 0.6) is 0 Å². The lowest BCUT2D eigenvalue weighted by Gasteiger charge is -2.06. The van der Waals surface area contributed by atoms with E-state index < -0.39 is 0 Å². The Morgan fingerprint density at radius 3 is 2.52 bits per heavy atom. The van der Waals surface area contributed by atoms with Crippen molar-refractivity contribution in [3.63, 3.8) is 0 Å². The first kappa shape index (κ1) is 14.5. The first-order chi connectivity index (χ1) is 10.3. The summed E-state index contributed by atoms with van der Waals surface area (Å²) >= 11 is 0. The monoisotopic (exact) mass is 279 g/mol. The Balaban J connectivity index is 1.92. The van der Waals surface area contributed by atoms with E-state index in [2.05, 4.69) is 15.8 Å². The van der Waals surface area contributed by atoms with Gasteiger partial charge in [0.1, 0.15) is 0 Å². The number of rotatable bonds is 5. The van der Waals surface area contributed by atoms with Crippen molar-refractivity contribution in [2.75, 3.05) is 12.4 Å². The van der Waals surface area contributed by atoms with Gasteiger partial charge in [-0.1, -0.05) is 48.5 Å². The predicted molar refractivity (Wildman–Crippen MR) is 87.4 cm³/mol. The molecule has 4 heteroatoms. The van der Waals surface area contributed by atoms with E-state index in [-0.39, 0.29) is 5.91 Å². The SMILES string of the molecule is CNc1ccccc1C(=O)N/N=C\C=C/c1ccccc1. The van der Waals surface area contributed by atoms with Gasteiger partial charge in [-0.3, -0.25) is 4.79 Å². The first-order valence-electron chi connectivity index (χ1n) is 6.63. The van der Waals surface area contributed by atoms with Crippen molar-refractivity contribution in [3.8, 4) is 0 Å². The Morgan fingerprint density at radius 1 is 1.05 bits per heavy atom. The third-order valence-electron chi connectivity index (χ3n) is 2.86. The van der Waals surface area contributed by atoms with E-state index in [0.717, 1.165) is 11.3 Å². The van der Waals surface area contributed by atoms with Gasteiger partial charge in [0.25, 0.3) is 5.91 Å². The van der Waals surface area contributed by atoms with Crippen molar-refractivity contribution in [2.45, 2.75) is 0 Å². The van der Waals surface area contributed by atoms with Gasteiger partial charge in [-0.2, -0.15) is 5.10 Å². The summed E-state index contributed by atoms with van der Waals surface area (Å²) in [6.07, 6.45) is 5.24. The van der Waals surface area contributed by atoms with Gasteiger partial charge in [-0.25, -0.2) is 5.43 Å². The van der Waals surface area contributed by atoms with Gasteiger partial charge in [-0.05, 0) is 23.8 Å². The highest BCUT2D eigenvalue weighted by Gasteiger charge is 2.07. The molecule has 2 rings (SSSR count). The molecule has 0 fully saturated rings. The second-order valence-electron chi connectivity index (χ2n) is 4.28. The molecule has 0 aliphatic heterocycles. The Kier molecular flexibility index (Phi) is 5.29. The molecule has 2 aromatic rings. The molecule has 0 heterocycles. The minimum Gasteiger partial charge on any atom is -0.387 e. The normalized spacial score (nSPS) is 10.9. The summed E-state index contributed by atoms with van der Waals surface area (Å²) in [6, 6.07) is 17.2. The molecule has 106 valence electrons. The zero-order valence-corrected chi connectivity index (χ0v) is 11.8. The third-order valence-corrected chi connectivity index (χ3v) is 2.86. The standard InChI is InChI=1S/C17H17N3O/c1-18-16-12-6-5-11-15(16)17(21)20-19-13-7-10-14-8-3-2-4-9-14/h2-13,18H,1H3,(H,20,21)/b10-7-,19-13-. The summed E-state index contributed by atoms with van der Waals surface area (Å²) in [4.78, 5) is 12.0. The maximum atomic E-state index is 12.0. The van der Waals surface area contributed by atoms with Gasteiger partial charge >= 0.3 is 0 Å². The van der Waals surface area contributed by atoms with Gasteiger partial charge < -0.3 is 5.32 Å². The lowest BCUT2D eigenvalue weighted by Crippen LogP contribution is -2.18. The highest BCUT2D eigenvalue weighted by molar-refractivity contribution is 5.99. The number of nitrogens with zero attached hydrogens (tertiary/aromatic N) is 1. The molecule has 0 aromatic heterocycles. The predicted octanol–water partition coefficient (Wildman–Crippen LogP) is 3.16. The highest BCUT2D eigenvalue weighted by atomic mass is 16.2. The van der Waals surface area contributed by atoms with E-state index in [0.29, 0.717) is 5.56 Å². The molecule has 0 spiro atoms. The van der Waals surface area contributed by atoms with E-state index in [1.165, 1.54) is 0 Å². The molecule has 0 atom stereocenters. The van der Waals surface area contributed by atoms with Crippen LogP contribution in [-0.2, 0) is 0 Å². The lowest BCUT2D eigenvalue weighted by molar-refractivity contribution is 0.0956. The molecule has 0 saturated carbocycles. The second-order valence-corrected chi connectivity index (χ2v) is 4.28. The topological polar surface area (TPSA) is 53.5 Å². The van der Waals surface area contributed by atoms with E-state index in [4.69, 9.17) is 0 Å². The van der Waals surface area contributed by atoms with Crippen molar-refractivity contribution in [3.05, 3.63) is 71.8 Å². The number of hydrazone groups is 1. The Bertz CT molecular complexity index is 648. The van der Waals surface area contributed by atoms with Crippen LogP contribution in [0.3, 0.4) is 0 Å². The Morgan fingerprint density at radius 2 is 1.76 bits per heavy atom. The van der Waals surface area contributed by atoms with Crippen LogP contribution >= 0.6 is 0 Å². The number of carbonyl (C=O) groups excluding carboxylic acids is 1. The molecular weight excluding hydrogens is 262 g/mol. The fourth-order valence-corrected chi connectivity index (χ4v) is 1.82. The molecular formula is C17H17N3O. The molecule has 21 heavy (non-hydrogen) atoms. The number of allylic oxidation sites excluding steroid dienone is 1. The number of anilines is 1. The largest absolute Gasteiger partial charge is 0.387 e. The van der Waals surface area contributed by atoms with Gasteiger partial charge in [0.15, 0.2) is 0 Å². The van der Waals surface area contributed by atoms with E-state index in [9.17, 15) is 4.79 Å². The maximum Gasteiger partial charge on any atom is 0.273 e. The van der Waals surface area contributed by atoms with Crippen LogP contribution < -0.4 is 10.7 Å². The summed E-state index contributed by atoms with van der Waals surface area (Å²) in [7, 11) is 1.78. The number of amides is 1. The molecule has 2 aromatic carbocycles. The number of nitrogens with one attached hydrogen (secondary N) is 2. The number of hydrogen-bond acceptors (Lipinski definition) is 3. The average Bonchev–Trinajstić information content (AvgIpc) is 2.55. The highest BCUT2D eigenvalue weighted by Crippen LogP contribution is 2.13. The van der Waals surface area contributed by atoms with Gasteiger partial charge in [0.2, 0.25) is 0 Å². The second kappa shape index (κ2) is 7.65. The van der Waals surface area contributed by atoms with Crippen LogP contribution in [0.1, 0.15) is 15.9 Å². The summed E-state index contributed by atoms with van der Waals surface area (Å²) in [5.74, 6) is -0.246. The number of hydrogen-bond donors (Lipinski definition) is 2. The summed E-state index contributed by atoms with van der Waals surface area (Å²) in [5, 5.41) is 6.87. The average molecular weight is 279 g/mol. The van der Waals surface area contributed by atoms with Crippen molar-refractivity contribution < 1.29 is 4.79 Å². The fourth-order valence-electron chi connectivity index (χ4n) is 1.82. The quantitative estimate of drug-likeness (QED) is 0.652. The van der Waals surface area contributed by atoms with Gasteiger partial charge in [0.05, 0.1) is 5.56 Å². The van der Waals surface area contributed by atoms with Crippen LogP contribution in [0, 0.1) is 0 Å². The molecule has 4 nitrogen and oxygen atoms in total. The van der Waals surface area contributed by atoms with Crippen LogP contribution in [-0.4, -0.2) is 19.2 Å². The molecule has 0 saturated heterocycles. The van der Waals surface area contributed by atoms with Crippen molar-refractivity contribution in [2.24, 2.45) is 5.10 Å². The van der Waals surface area contributed by atoms with Crippen LogP contribution in [0.25, 0.3) is 6.08 Å². The Hall–Kier alpha value is -2.88. The van der Waals surface area contributed by atoms with Crippen molar-refractivity contribution in [1.82, 2.24) is 5.43 Å². The van der Waals surface area contributed by atoms with E-state index >= 15 is 0 Å². The minimum absolute atomic E-state index is 0.246. The Labute approximate surface area is 124 Å². The van der Waals surface area contributed by atoms with E-state index in [1.54, 1.807) is 25.4 Å². The van der Waals surface area contributed by atoms with Crippen LogP contribution in [0.15, 0.2) is 65.8 Å². The zero-order valence-electron chi connectivity index (χ0n) is 11.8. The van der Waals surface area contributed by atoms with Crippen molar-refractivity contribution in [1.29, 1.82) is 0 Å². The van der Waals surface area contributed by atoms with Gasteiger partial charge in [-0.15, -0.1) is 0 Å². The van der Waals surface area contributed by atoms with Gasteiger partial charge in [0, 0.05) is 18.9 Å². The molecule has 0 aliphatic rings. The zero-order chi connectivity index (χ0) is 14.9. The number of carbonyl (C=O) groups is 1. The summed E-state index contributed by atoms with van der Waals surface area (Å²) < 4.78 is 0. The smallest absolute Gasteiger partial charge is 0.273 e. The molecule has 0 aliphatic carbocycles. The molecule has 1 amide bonds. The van der Waals surface area contributed by atoms with Crippen LogP contribution in [0.4, 0.5) is 5.69 Å². The molecule has 0 bridgehead atoms. The number of benzene rings is 2. The number of para-hydroxylation sites is 1. The first-order valence-corrected chi connectivity index (χ1v) is 6.63. The lowest BCUT2D eigenvalue weighted by atomic mass is 10.1. The molecule has 2 N–H and O–H groups in total. The third kappa shape index (κ3) is 4.31. The molecule has 0 unspecified atom stereocenters. The molecule has 0 radical (unpaired) electrons. The van der Waals surface area contributed by atoms with Crippen LogP contribution in [0.2, 0.25) is 0 Å². The summed E-state index contributed by atoms with van der Waals surface area (Å²) in [5.41, 5.74) is 4.91. The van der Waals surface area contributed by atoms with Crippen molar-refractivity contribution >= 4 is 23.9 Å². The minimum atomic E-state index is -0.246.